The number of benzene rings is 2. The molecule has 3 aromatic rings. The predicted molar refractivity (Wildman–Crippen MR) is 131 cm³/mol. The number of aromatic nitrogens is 1. The summed E-state index contributed by atoms with van der Waals surface area (Å²) in [5.74, 6) is 1.00. The Morgan fingerprint density at radius 1 is 0.969 bits per heavy atom. The molecule has 5 nitrogen and oxygen atoms in total. The largest absolute Gasteiger partial charge is 0.492 e. The normalized spacial score (nSPS) is 15.3. The van der Waals surface area contributed by atoms with Crippen molar-refractivity contribution in [2.75, 3.05) is 45.9 Å². The van der Waals surface area contributed by atoms with Gasteiger partial charge in [0.05, 0.1) is 5.52 Å². The van der Waals surface area contributed by atoms with Crippen molar-refractivity contribution in [2.45, 2.75) is 26.8 Å². The van der Waals surface area contributed by atoms with E-state index in [9.17, 15) is 4.79 Å². The Labute approximate surface area is 195 Å². The van der Waals surface area contributed by atoms with E-state index in [0.717, 1.165) is 74.0 Å². The number of Topliss-reactive ketones (excluding diaryl/α,β-unsaturated/α-hetero) is 1. The maximum Gasteiger partial charge on any atom is 0.161 e. The molecule has 0 N–H and O–H groups in total. The minimum atomic E-state index is 0.135. The predicted octanol–water partition coefficient (Wildman–Crippen LogP) is 4.89. The number of fused-ring (bicyclic) bond motifs is 1. The lowest BCUT2D eigenvalue weighted by Crippen LogP contribution is -2.47. The van der Waals surface area contributed by atoms with Gasteiger partial charge in [-0.05, 0) is 56.6 Å². The molecule has 6 heteroatoms. The first-order valence-electron chi connectivity index (χ1n) is 11.4. The summed E-state index contributed by atoms with van der Waals surface area (Å²) in [6, 6.07) is 13.8. The van der Waals surface area contributed by atoms with Crippen LogP contribution in [0.25, 0.3) is 10.9 Å². The van der Waals surface area contributed by atoms with Crippen LogP contribution in [0.4, 0.5) is 0 Å². The zero-order valence-electron chi connectivity index (χ0n) is 19.0. The van der Waals surface area contributed by atoms with Crippen LogP contribution >= 0.6 is 11.6 Å². The molecular formula is C26H32ClN3O2. The highest BCUT2D eigenvalue weighted by molar-refractivity contribution is 6.30. The number of carbonyl (C=O) groups is 1. The number of hydrogen-bond donors (Lipinski definition) is 0. The summed E-state index contributed by atoms with van der Waals surface area (Å²) in [5, 5.41) is 1.81. The summed E-state index contributed by atoms with van der Waals surface area (Å²) < 4.78 is 8.10. The molecule has 1 fully saturated rings. The topological polar surface area (TPSA) is 37.7 Å². The van der Waals surface area contributed by atoms with Gasteiger partial charge >= 0.3 is 0 Å². The summed E-state index contributed by atoms with van der Waals surface area (Å²) in [4.78, 5) is 17.1. The van der Waals surface area contributed by atoms with Crippen LogP contribution in [0.1, 0.15) is 29.3 Å². The van der Waals surface area contributed by atoms with E-state index in [-0.39, 0.29) is 5.78 Å². The van der Waals surface area contributed by atoms with Gasteiger partial charge in [-0.1, -0.05) is 29.8 Å². The van der Waals surface area contributed by atoms with Gasteiger partial charge in [0.2, 0.25) is 0 Å². The molecule has 1 aliphatic rings. The average molecular weight is 454 g/mol. The summed E-state index contributed by atoms with van der Waals surface area (Å²) in [5.41, 5.74) is 3.26. The summed E-state index contributed by atoms with van der Waals surface area (Å²) in [6.07, 6.45) is 3.12. The van der Waals surface area contributed by atoms with E-state index in [1.165, 1.54) is 11.1 Å². The van der Waals surface area contributed by atoms with Crippen LogP contribution in [-0.4, -0.2) is 66.0 Å². The molecule has 2 heterocycles. The van der Waals surface area contributed by atoms with Gasteiger partial charge in [0.15, 0.2) is 5.78 Å². The number of carbonyl (C=O) groups excluding carboxylic acids is 1. The van der Waals surface area contributed by atoms with Gasteiger partial charge in [-0.25, -0.2) is 0 Å². The Balaban J connectivity index is 1.21. The zero-order chi connectivity index (χ0) is 22.5. The van der Waals surface area contributed by atoms with Crippen LogP contribution in [0.2, 0.25) is 5.02 Å². The van der Waals surface area contributed by atoms with Crippen LogP contribution < -0.4 is 4.74 Å². The Kier molecular flexibility index (Phi) is 7.51. The quantitative estimate of drug-likeness (QED) is 0.432. The fraction of sp³-hybridized carbons (Fsp3) is 0.423. The number of para-hydroxylation sites is 1. The van der Waals surface area contributed by atoms with Crippen molar-refractivity contribution < 1.29 is 9.53 Å². The monoisotopic (exact) mass is 453 g/mol. The fourth-order valence-corrected chi connectivity index (χ4v) is 4.65. The van der Waals surface area contributed by atoms with E-state index in [0.29, 0.717) is 6.61 Å². The van der Waals surface area contributed by atoms with Crippen molar-refractivity contribution in [3.63, 3.8) is 0 Å². The van der Waals surface area contributed by atoms with E-state index in [1.807, 2.05) is 36.5 Å². The molecule has 0 radical (unpaired) electrons. The standard InChI is InChI=1S/C26H32ClN3O2/c1-20-5-3-6-24-25(21(2)31)19-30(26(20)24)12-4-11-28-13-15-29(16-14-28)17-18-32-23-9-7-22(27)8-10-23/h3,5-10,19H,4,11-18H2,1-2H3. The third kappa shape index (κ3) is 5.52. The molecule has 32 heavy (non-hydrogen) atoms. The molecule has 0 saturated carbocycles. The molecule has 1 saturated heterocycles. The minimum Gasteiger partial charge on any atom is -0.492 e. The van der Waals surface area contributed by atoms with Gasteiger partial charge < -0.3 is 14.2 Å². The SMILES string of the molecule is CC(=O)c1cn(CCCN2CCN(CCOc3ccc(Cl)cc3)CC2)c2c(C)cccc12. The molecular weight excluding hydrogens is 422 g/mol. The summed E-state index contributed by atoms with van der Waals surface area (Å²) >= 11 is 5.91. The Bertz CT molecular complexity index is 1050. The van der Waals surface area contributed by atoms with Gasteiger partial charge in [-0.15, -0.1) is 0 Å². The fourth-order valence-electron chi connectivity index (χ4n) is 4.53. The molecule has 2 aromatic carbocycles. The number of hydrogen-bond acceptors (Lipinski definition) is 4. The highest BCUT2D eigenvalue weighted by Crippen LogP contribution is 2.25. The lowest BCUT2D eigenvalue weighted by molar-refractivity contribution is 0.101. The number of piperazine rings is 1. The van der Waals surface area contributed by atoms with Gasteiger partial charge in [0, 0.05) is 61.4 Å². The van der Waals surface area contributed by atoms with E-state index in [4.69, 9.17) is 16.3 Å². The van der Waals surface area contributed by atoms with Gasteiger partial charge in [0.1, 0.15) is 12.4 Å². The first-order chi connectivity index (χ1) is 15.5. The second-order valence-corrected chi connectivity index (χ2v) is 9.04. The van der Waals surface area contributed by atoms with Crippen LogP contribution in [0.3, 0.4) is 0 Å². The molecule has 0 bridgehead atoms. The van der Waals surface area contributed by atoms with E-state index < -0.39 is 0 Å². The summed E-state index contributed by atoms with van der Waals surface area (Å²) in [6.45, 7) is 11.8. The van der Waals surface area contributed by atoms with Gasteiger partial charge in [-0.3, -0.25) is 9.69 Å². The van der Waals surface area contributed by atoms with Crippen molar-refractivity contribution >= 4 is 28.3 Å². The molecule has 0 amide bonds. The van der Waals surface area contributed by atoms with E-state index in [2.05, 4.69) is 33.4 Å². The molecule has 0 unspecified atom stereocenters. The van der Waals surface area contributed by atoms with Crippen LogP contribution in [-0.2, 0) is 6.54 Å². The van der Waals surface area contributed by atoms with Crippen molar-refractivity contribution in [3.8, 4) is 5.75 Å². The lowest BCUT2D eigenvalue weighted by Gasteiger charge is -2.34. The Morgan fingerprint density at radius 2 is 1.66 bits per heavy atom. The van der Waals surface area contributed by atoms with Crippen LogP contribution in [0, 0.1) is 6.92 Å². The number of ketones is 1. The zero-order valence-corrected chi connectivity index (χ0v) is 19.8. The highest BCUT2D eigenvalue weighted by atomic mass is 35.5. The second-order valence-electron chi connectivity index (χ2n) is 8.60. The molecule has 0 aliphatic carbocycles. The van der Waals surface area contributed by atoms with E-state index in [1.54, 1.807) is 6.92 Å². The van der Waals surface area contributed by atoms with Crippen LogP contribution in [0.5, 0.6) is 5.75 Å². The smallest absolute Gasteiger partial charge is 0.161 e. The first kappa shape index (κ1) is 22.8. The maximum atomic E-state index is 12.1. The second kappa shape index (κ2) is 10.5. The van der Waals surface area contributed by atoms with Crippen molar-refractivity contribution in [1.29, 1.82) is 0 Å². The molecule has 0 atom stereocenters. The maximum absolute atomic E-state index is 12.1. The van der Waals surface area contributed by atoms with Gasteiger partial charge in [0.25, 0.3) is 0 Å². The Morgan fingerprint density at radius 3 is 2.34 bits per heavy atom. The third-order valence-corrected chi connectivity index (χ3v) is 6.56. The number of aryl methyl sites for hydroxylation is 2. The number of rotatable bonds is 9. The van der Waals surface area contributed by atoms with Crippen molar-refractivity contribution in [3.05, 3.63) is 64.8 Å². The number of nitrogens with zero attached hydrogens (tertiary/aromatic N) is 3. The number of halogens is 1. The minimum absolute atomic E-state index is 0.135. The Hall–Kier alpha value is -2.34. The lowest BCUT2D eigenvalue weighted by atomic mass is 10.1. The molecule has 4 rings (SSSR count). The first-order valence-corrected chi connectivity index (χ1v) is 11.8. The average Bonchev–Trinajstić information content (AvgIpc) is 3.16. The molecule has 170 valence electrons. The molecule has 1 aromatic heterocycles. The van der Waals surface area contributed by atoms with E-state index >= 15 is 0 Å². The molecule has 1 aliphatic heterocycles. The van der Waals surface area contributed by atoms with Crippen molar-refractivity contribution in [2.24, 2.45) is 0 Å². The molecule has 0 spiro atoms. The number of ether oxygens (including phenoxy) is 1. The van der Waals surface area contributed by atoms with Crippen molar-refractivity contribution in [1.82, 2.24) is 14.4 Å². The summed E-state index contributed by atoms with van der Waals surface area (Å²) in [7, 11) is 0. The van der Waals surface area contributed by atoms with Gasteiger partial charge in [-0.2, -0.15) is 0 Å². The third-order valence-electron chi connectivity index (χ3n) is 6.31. The van der Waals surface area contributed by atoms with Crippen LogP contribution in [0.15, 0.2) is 48.7 Å². The highest BCUT2D eigenvalue weighted by Gasteiger charge is 2.17.